The molecule has 0 heterocycles. The Morgan fingerprint density at radius 3 is 2.58 bits per heavy atom. The van der Waals surface area contributed by atoms with Crippen LogP contribution in [0.15, 0.2) is 54.6 Å². The van der Waals surface area contributed by atoms with Crippen LogP contribution in [-0.2, 0) is 4.79 Å². The van der Waals surface area contributed by atoms with Gasteiger partial charge < -0.3 is 10.1 Å². The fraction of sp³-hybridized carbons (Fsp3) is 0.105. The molecule has 0 radical (unpaired) electrons. The highest BCUT2D eigenvalue weighted by atomic mass is 35.5. The number of nitrogens with one attached hydrogen (secondary N) is 1. The number of halogens is 1. The van der Waals surface area contributed by atoms with E-state index in [1.54, 1.807) is 25.1 Å². The predicted molar refractivity (Wildman–Crippen MR) is 101 cm³/mol. The van der Waals surface area contributed by atoms with Gasteiger partial charge in [-0.3, -0.25) is 14.9 Å². The van der Waals surface area contributed by atoms with Crippen LogP contribution in [-0.4, -0.2) is 17.4 Å². The third kappa shape index (κ3) is 3.60. The molecule has 0 aliphatic rings. The lowest BCUT2D eigenvalue weighted by molar-refractivity contribution is -0.385. The Morgan fingerprint density at radius 2 is 1.85 bits per heavy atom. The average molecular weight is 371 g/mol. The molecule has 0 aliphatic heterocycles. The van der Waals surface area contributed by atoms with Crippen molar-refractivity contribution >= 4 is 39.7 Å². The predicted octanol–water partition coefficient (Wildman–Crippen LogP) is 4.73. The molecule has 3 aromatic carbocycles. The molecule has 0 bridgehead atoms. The molecule has 132 valence electrons. The summed E-state index contributed by atoms with van der Waals surface area (Å²) in [7, 11) is 0. The number of hydrogen-bond acceptors (Lipinski definition) is 4. The van der Waals surface area contributed by atoms with Crippen LogP contribution in [0.4, 0.5) is 11.4 Å². The maximum absolute atomic E-state index is 12.2. The van der Waals surface area contributed by atoms with E-state index >= 15 is 0 Å². The van der Waals surface area contributed by atoms with Crippen LogP contribution in [0, 0.1) is 17.0 Å². The minimum Gasteiger partial charge on any atom is -0.483 e. The van der Waals surface area contributed by atoms with E-state index in [1.807, 2.05) is 24.3 Å². The monoisotopic (exact) mass is 370 g/mol. The van der Waals surface area contributed by atoms with Crippen LogP contribution in [0.5, 0.6) is 5.75 Å². The van der Waals surface area contributed by atoms with Gasteiger partial charge in [-0.15, -0.1) is 0 Å². The fourth-order valence-electron chi connectivity index (χ4n) is 2.65. The third-order valence-corrected chi connectivity index (χ3v) is 4.30. The number of hydrogen-bond donors (Lipinski definition) is 1. The van der Waals surface area contributed by atoms with Gasteiger partial charge >= 0.3 is 0 Å². The Hall–Kier alpha value is -3.12. The van der Waals surface area contributed by atoms with Gasteiger partial charge in [0.25, 0.3) is 11.6 Å². The smallest absolute Gasteiger partial charge is 0.274 e. The number of benzene rings is 3. The molecule has 7 heteroatoms. The van der Waals surface area contributed by atoms with E-state index in [2.05, 4.69) is 5.32 Å². The molecular weight excluding hydrogens is 356 g/mol. The first-order valence-corrected chi connectivity index (χ1v) is 8.19. The summed E-state index contributed by atoms with van der Waals surface area (Å²) in [6.07, 6.45) is 0. The quantitative estimate of drug-likeness (QED) is 0.520. The molecule has 0 aromatic heterocycles. The second-order valence-corrected chi connectivity index (χ2v) is 6.04. The van der Waals surface area contributed by atoms with Gasteiger partial charge in [-0.25, -0.2) is 0 Å². The molecular formula is C19H15ClN2O4. The van der Waals surface area contributed by atoms with Crippen LogP contribution in [0.25, 0.3) is 10.8 Å². The zero-order valence-electron chi connectivity index (χ0n) is 13.9. The average Bonchev–Trinajstić information content (AvgIpc) is 2.63. The summed E-state index contributed by atoms with van der Waals surface area (Å²) in [5, 5.41) is 15.9. The fourth-order valence-corrected chi connectivity index (χ4v) is 2.87. The van der Waals surface area contributed by atoms with Crippen molar-refractivity contribution in [3.63, 3.8) is 0 Å². The van der Waals surface area contributed by atoms with Crippen LogP contribution in [0.2, 0.25) is 5.02 Å². The van der Waals surface area contributed by atoms with Gasteiger partial charge in [0.1, 0.15) is 5.75 Å². The number of carbonyl (C=O) groups excluding carboxylic acids is 1. The summed E-state index contributed by atoms with van der Waals surface area (Å²) < 4.78 is 5.62. The molecule has 26 heavy (non-hydrogen) atoms. The second-order valence-electron chi connectivity index (χ2n) is 5.63. The highest BCUT2D eigenvalue weighted by Gasteiger charge is 2.15. The molecule has 0 unspecified atom stereocenters. The van der Waals surface area contributed by atoms with Gasteiger partial charge in [0.15, 0.2) is 6.61 Å². The van der Waals surface area contributed by atoms with Crippen molar-refractivity contribution in [1.82, 2.24) is 0 Å². The molecule has 0 saturated heterocycles. The Kier molecular flexibility index (Phi) is 5.04. The van der Waals surface area contributed by atoms with Crippen LogP contribution >= 0.6 is 11.6 Å². The summed E-state index contributed by atoms with van der Waals surface area (Å²) in [5.41, 5.74) is 0.726. The van der Waals surface area contributed by atoms with Crippen molar-refractivity contribution in [3.8, 4) is 5.75 Å². The summed E-state index contributed by atoms with van der Waals surface area (Å²) in [6, 6.07) is 15.4. The molecule has 1 N–H and O–H groups in total. The van der Waals surface area contributed by atoms with Gasteiger partial charge in [-0.05, 0) is 25.1 Å². The number of rotatable bonds is 5. The van der Waals surface area contributed by atoms with Crippen molar-refractivity contribution in [2.75, 3.05) is 11.9 Å². The van der Waals surface area contributed by atoms with Crippen molar-refractivity contribution in [2.45, 2.75) is 6.92 Å². The lowest BCUT2D eigenvalue weighted by atomic mass is 10.1. The van der Waals surface area contributed by atoms with Gasteiger partial charge in [-0.2, -0.15) is 0 Å². The van der Waals surface area contributed by atoms with Gasteiger partial charge in [0, 0.05) is 21.9 Å². The lowest BCUT2D eigenvalue weighted by Crippen LogP contribution is -2.20. The van der Waals surface area contributed by atoms with E-state index in [1.165, 1.54) is 12.1 Å². The Balaban J connectivity index is 1.74. The first kappa shape index (κ1) is 17.7. The summed E-state index contributed by atoms with van der Waals surface area (Å²) in [6.45, 7) is 1.36. The van der Waals surface area contributed by atoms with Crippen molar-refractivity contribution in [3.05, 3.63) is 75.3 Å². The van der Waals surface area contributed by atoms with Gasteiger partial charge in [-0.1, -0.05) is 41.9 Å². The number of amides is 1. The van der Waals surface area contributed by atoms with Crippen LogP contribution < -0.4 is 10.1 Å². The number of anilines is 1. The number of carbonyl (C=O) groups is 1. The molecule has 6 nitrogen and oxygen atoms in total. The summed E-state index contributed by atoms with van der Waals surface area (Å²) in [5.74, 6) is 0.128. The van der Waals surface area contributed by atoms with Crippen LogP contribution in [0.1, 0.15) is 5.56 Å². The third-order valence-electron chi connectivity index (χ3n) is 3.97. The minimum absolute atomic E-state index is 0.0487. The molecule has 0 spiro atoms. The number of nitro benzene ring substituents is 1. The maximum atomic E-state index is 12.2. The van der Waals surface area contributed by atoms with E-state index in [0.29, 0.717) is 22.0 Å². The molecule has 0 atom stereocenters. The largest absolute Gasteiger partial charge is 0.483 e. The van der Waals surface area contributed by atoms with E-state index in [9.17, 15) is 14.9 Å². The maximum Gasteiger partial charge on any atom is 0.274 e. The standard InChI is InChI=1S/C19H15ClN2O4/c1-12-16(7-4-8-17(12)22(24)25)21-19(23)11-26-18-10-9-15(20)13-5-2-3-6-14(13)18/h2-10H,11H2,1H3,(H,21,23). The van der Waals surface area contributed by atoms with E-state index in [4.69, 9.17) is 16.3 Å². The number of nitro groups is 1. The molecule has 0 fully saturated rings. The highest BCUT2D eigenvalue weighted by Crippen LogP contribution is 2.31. The Labute approximate surface area is 154 Å². The molecule has 0 aliphatic carbocycles. The first-order valence-electron chi connectivity index (χ1n) is 7.81. The topological polar surface area (TPSA) is 81.5 Å². The van der Waals surface area contributed by atoms with Crippen LogP contribution in [0.3, 0.4) is 0 Å². The van der Waals surface area contributed by atoms with Crippen molar-refractivity contribution in [2.24, 2.45) is 0 Å². The summed E-state index contributed by atoms with van der Waals surface area (Å²) in [4.78, 5) is 22.7. The van der Waals surface area contributed by atoms with E-state index in [-0.39, 0.29) is 12.3 Å². The molecule has 0 saturated carbocycles. The lowest BCUT2D eigenvalue weighted by Gasteiger charge is -2.12. The number of nitrogens with zero attached hydrogens (tertiary/aromatic N) is 1. The number of ether oxygens (including phenoxy) is 1. The second kappa shape index (κ2) is 7.41. The minimum atomic E-state index is -0.485. The molecule has 3 aromatic rings. The van der Waals surface area contributed by atoms with E-state index < -0.39 is 10.8 Å². The van der Waals surface area contributed by atoms with Crippen molar-refractivity contribution in [1.29, 1.82) is 0 Å². The number of fused-ring (bicyclic) bond motifs is 1. The first-order chi connectivity index (χ1) is 12.5. The zero-order chi connectivity index (χ0) is 18.7. The van der Waals surface area contributed by atoms with Gasteiger partial charge in [0.2, 0.25) is 0 Å². The Morgan fingerprint density at radius 1 is 1.12 bits per heavy atom. The normalized spacial score (nSPS) is 10.5. The SMILES string of the molecule is Cc1c(NC(=O)COc2ccc(Cl)c3ccccc23)cccc1[N+](=O)[O-]. The molecule has 1 amide bonds. The van der Waals surface area contributed by atoms with E-state index in [0.717, 1.165) is 10.8 Å². The zero-order valence-corrected chi connectivity index (χ0v) is 14.6. The Bertz CT molecular complexity index is 1000. The highest BCUT2D eigenvalue weighted by molar-refractivity contribution is 6.35. The summed E-state index contributed by atoms with van der Waals surface area (Å²) >= 11 is 6.17. The molecule has 3 rings (SSSR count). The van der Waals surface area contributed by atoms with Crippen molar-refractivity contribution < 1.29 is 14.5 Å². The van der Waals surface area contributed by atoms with Gasteiger partial charge in [0.05, 0.1) is 16.2 Å².